The zero-order valence-corrected chi connectivity index (χ0v) is 9.99. The van der Waals surface area contributed by atoms with Crippen LogP contribution in [0.5, 0.6) is 0 Å². The predicted molar refractivity (Wildman–Crippen MR) is 58.0 cm³/mol. The number of rotatable bonds is 4. The number of carbonyl (C=O) groups is 1. The van der Waals surface area contributed by atoms with Gasteiger partial charge in [0.1, 0.15) is 0 Å². The molecule has 3 heteroatoms. The first kappa shape index (κ1) is 11.0. The molecule has 0 aromatic heterocycles. The molecule has 0 aliphatic carbocycles. The Kier molecular flexibility index (Phi) is 3.77. The van der Waals surface area contributed by atoms with Crippen LogP contribution in [0.1, 0.15) is 39.5 Å². The Morgan fingerprint density at radius 2 is 2.15 bits per heavy atom. The maximum Gasteiger partial charge on any atom is 0.226 e. The summed E-state index contributed by atoms with van der Waals surface area (Å²) in [5.74, 6) is 0.267. The largest absolute Gasteiger partial charge is 0.353 e. The fourth-order valence-corrected chi connectivity index (χ4v) is 2.67. The van der Waals surface area contributed by atoms with Crippen LogP contribution in [0.3, 0.4) is 0 Å². The molecule has 2 nitrogen and oxygen atoms in total. The van der Waals surface area contributed by atoms with Gasteiger partial charge < -0.3 is 5.32 Å². The second kappa shape index (κ2) is 4.45. The van der Waals surface area contributed by atoms with Gasteiger partial charge in [-0.3, -0.25) is 4.79 Å². The fourth-order valence-electron chi connectivity index (χ4n) is 2.12. The summed E-state index contributed by atoms with van der Waals surface area (Å²) in [6.45, 7) is 4.22. The van der Waals surface area contributed by atoms with Gasteiger partial charge >= 0.3 is 0 Å². The molecule has 13 heavy (non-hydrogen) atoms. The second-order valence-corrected chi connectivity index (χ2v) is 4.63. The van der Waals surface area contributed by atoms with Crippen LogP contribution in [0.4, 0.5) is 0 Å². The van der Waals surface area contributed by atoms with Crippen molar-refractivity contribution >= 4 is 21.8 Å². The van der Waals surface area contributed by atoms with Crippen molar-refractivity contribution in [2.45, 2.75) is 45.6 Å². The van der Waals surface area contributed by atoms with Crippen molar-refractivity contribution in [3.05, 3.63) is 0 Å². The molecule has 1 aliphatic heterocycles. The lowest BCUT2D eigenvalue weighted by atomic mass is 9.79. The van der Waals surface area contributed by atoms with Gasteiger partial charge in [0.2, 0.25) is 5.91 Å². The normalized spacial score (nSPS) is 26.1. The first-order valence-corrected chi connectivity index (χ1v) is 6.17. The van der Waals surface area contributed by atoms with Crippen LogP contribution in [-0.2, 0) is 4.79 Å². The number of carbonyl (C=O) groups excluding carboxylic acids is 1. The molecule has 0 aromatic carbocycles. The second-order valence-electron chi connectivity index (χ2n) is 3.84. The van der Waals surface area contributed by atoms with Gasteiger partial charge in [0.25, 0.3) is 0 Å². The van der Waals surface area contributed by atoms with E-state index in [0.29, 0.717) is 6.04 Å². The van der Waals surface area contributed by atoms with Gasteiger partial charge in [-0.1, -0.05) is 29.8 Å². The monoisotopic (exact) mass is 247 g/mol. The van der Waals surface area contributed by atoms with E-state index in [9.17, 15) is 4.79 Å². The SMILES string of the molecule is CCC1(CC)C[C@@H](CCBr)NC1=O. The number of hydrogen-bond acceptors (Lipinski definition) is 1. The highest BCUT2D eigenvalue weighted by Gasteiger charge is 2.43. The molecule has 1 N–H and O–H groups in total. The fraction of sp³-hybridized carbons (Fsp3) is 0.900. The van der Waals surface area contributed by atoms with E-state index in [1.54, 1.807) is 0 Å². The van der Waals surface area contributed by atoms with Gasteiger partial charge in [-0.15, -0.1) is 0 Å². The summed E-state index contributed by atoms with van der Waals surface area (Å²) >= 11 is 3.41. The van der Waals surface area contributed by atoms with Gasteiger partial charge in [0.05, 0.1) is 5.41 Å². The van der Waals surface area contributed by atoms with Gasteiger partial charge in [0.15, 0.2) is 0 Å². The Morgan fingerprint density at radius 3 is 2.54 bits per heavy atom. The summed E-state index contributed by atoms with van der Waals surface area (Å²) in [5, 5.41) is 4.05. The van der Waals surface area contributed by atoms with Crippen molar-refractivity contribution in [2.24, 2.45) is 5.41 Å². The minimum atomic E-state index is -0.0627. The lowest BCUT2D eigenvalue weighted by Gasteiger charge is -2.22. The molecule has 0 radical (unpaired) electrons. The summed E-state index contributed by atoms with van der Waals surface area (Å²) in [6.07, 6.45) is 4.00. The van der Waals surface area contributed by atoms with Crippen molar-refractivity contribution in [3.8, 4) is 0 Å². The molecule has 0 aromatic rings. The Balaban J connectivity index is 2.63. The maximum absolute atomic E-state index is 11.7. The van der Waals surface area contributed by atoms with Crippen molar-refractivity contribution in [1.29, 1.82) is 0 Å². The molecule has 1 saturated heterocycles. The van der Waals surface area contributed by atoms with Crippen molar-refractivity contribution in [2.75, 3.05) is 5.33 Å². The molecule has 1 aliphatic rings. The molecule has 76 valence electrons. The van der Waals surface area contributed by atoms with E-state index in [1.807, 2.05) is 0 Å². The lowest BCUT2D eigenvalue weighted by molar-refractivity contribution is -0.128. The van der Waals surface area contributed by atoms with Gasteiger partial charge in [-0.25, -0.2) is 0 Å². The minimum Gasteiger partial charge on any atom is -0.353 e. The Morgan fingerprint density at radius 1 is 1.54 bits per heavy atom. The highest BCUT2D eigenvalue weighted by molar-refractivity contribution is 9.09. The van der Waals surface area contributed by atoms with Crippen molar-refractivity contribution in [1.82, 2.24) is 5.32 Å². The highest BCUT2D eigenvalue weighted by Crippen LogP contribution is 2.37. The summed E-state index contributed by atoms with van der Waals surface area (Å²) < 4.78 is 0. The molecular formula is C10H18BrNO. The van der Waals surface area contributed by atoms with Crippen LogP contribution in [0.25, 0.3) is 0 Å². The quantitative estimate of drug-likeness (QED) is 0.761. The molecular weight excluding hydrogens is 230 g/mol. The molecule has 1 atom stereocenters. The van der Waals surface area contributed by atoms with E-state index < -0.39 is 0 Å². The van der Waals surface area contributed by atoms with Gasteiger partial charge in [0, 0.05) is 11.4 Å². The van der Waals surface area contributed by atoms with E-state index >= 15 is 0 Å². The molecule has 0 saturated carbocycles. The zero-order chi connectivity index (χ0) is 9.90. The molecule has 1 heterocycles. The number of hydrogen-bond donors (Lipinski definition) is 1. The summed E-state index contributed by atoms with van der Waals surface area (Å²) in [7, 11) is 0. The summed E-state index contributed by atoms with van der Waals surface area (Å²) in [6, 6.07) is 0.395. The highest BCUT2D eigenvalue weighted by atomic mass is 79.9. The third-order valence-electron chi connectivity index (χ3n) is 3.27. The molecule has 0 unspecified atom stereocenters. The molecule has 0 spiro atoms. The number of amides is 1. The van der Waals surface area contributed by atoms with Crippen LogP contribution in [0, 0.1) is 5.41 Å². The third-order valence-corrected chi connectivity index (χ3v) is 3.72. The predicted octanol–water partition coefficient (Wildman–Crippen LogP) is 2.47. The molecule has 1 fully saturated rings. The summed E-state index contributed by atoms with van der Waals surface area (Å²) in [5.41, 5.74) is -0.0627. The van der Waals surface area contributed by atoms with Crippen LogP contribution >= 0.6 is 15.9 Å². The van der Waals surface area contributed by atoms with Crippen LogP contribution in [0.15, 0.2) is 0 Å². The van der Waals surface area contributed by atoms with Gasteiger partial charge in [-0.05, 0) is 25.7 Å². The average Bonchev–Trinajstić information content (AvgIpc) is 2.44. The minimum absolute atomic E-state index is 0.0627. The van der Waals surface area contributed by atoms with E-state index in [4.69, 9.17) is 0 Å². The van der Waals surface area contributed by atoms with E-state index in [-0.39, 0.29) is 11.3 Å². The number of halogens is 1. The van der Waals surface area contributed by atoms with Crippen LogP contribution in [-0.4, -0.2) is 17.3 Å². The Bertz CT molecular complexity index is 189. The van der Waals surface area contributed by atoms with E-state index in [1.165, 1.54) is 0 Å². The molecule has 0 bridgehead atoms. The van der Waals surface area contributed by atoms with Crippen LogP contribution < -0.4 is 5.32 Å². The van der Waals surface area contributed by atoms with E-state index in [0.717, 1.165) is 31.0 Å². The third kappa shape index (κ3) is 2.06. The first-order chi connectivity index (χ1) is 6.18. The van der Waals surface area contributed by atoms with Gasteiger partial charge in [-0.2, -0.15) is 0 Å². The Hall–Kier alpha value is -0.0500. The number of alkyl halides is 1. The van der Waals surface area contributed by atoms with Crippen molar-refractivity contribution in [3.63, 3.8) is 0 Å². The topological polar surface area (TPSA) is 29.1 Å². The molecule has 1 rings (SSSR count). The lowest BCUT2D eigenvalue weighted by Crippen LogP contribution is -2.31. The average molecular weight is 248 g/mol. The zero-order valence-electron chi connectivity index (χ0n) is 8.40. The van der Waals surface area contributed by atoms with Crippen molar-refractivity contribution < 1.29 is 4.79 Å². The standard InChI is InChI=1S/C10H18BrNO/c1-3-10(4-2)7-8(5-6-11)12-9(10)13/h8H,3-7H2,1-2H3,(H,12,13)/t8-/m1/s1. The molecule has 1 amide bonds. The Labute approximate surface area is 88.6 Å². The first-order valence-electron chi connectivity index (χ1n) is 5.05. The maximum atomic E-state index is 11.7. The smallest absolute Gasteiger partial charge is 0.226 e. The van der Waals surface area contributed by atoms with E-state index in [2.05, 4.69) is 35.1 Å². The number of nitrogens with one attached hydrogen (secondary N) is 1. The van der Waals surface area contributed by atoms with Crippen LogP contribution in [0.2, 0.25) is 0 Å². The summed E-state index contributed by atoms with van der Waals surface area (Å²) in [4.78, 5) is 11.7.